The van der Waals surface area contributed by atoms with Crippen LogP contribution in [0, 0.1) is 0 Å². The summed E-state index contributed by atoms with van der Waals surface area (Å²) in [6.07, 6.45) is 1.08. The van der Waals surface area contributed by atoms with Gasteiger partial charge in [0, 0.05) is 19.0 Å². The van der Waals surface area contributed by atoms with Gasteiger partial charge in [-0.1, -0.05) is 6.92 Å². The van der Waals surface area contributed by atoms with Crippen molar-refractivity contribution in [1.82, 2.24) is 10.2 Å². The molecule has 0 aromatic heterocycles. The molecule has 0 bridgehead atoms. The Labute approximate surface area is 101 Å². The van der Waals surface area contributed by atoms with Gasteiger partial charge in [0.2, 0.25) is 17.7 Å². The first-order valence-electron chi connectivity index (χ1n) is 5.84. The molecular formula is C11H19N3O3. The topological polar surface area (TPSA) is 92.5 Å². The highest BCUT2D eigenvalue weighted by Crippen LogP contribution is 2.14. The zero-order valence-electron chi connectivity index (χ0n) is 10.2. The fraction of sp³-hybridized carbons (Fsp3) is 0.727. The third kappa shape index (κ3) is 3.52. The van der Waals surface area contributed by atoms with Crippen molar-refractivity contribution in [3.63, 3.8) is 0 Å². The molecule has 1 saturated heterocycles. The minimum atomic E-state index is -0.511. The fourth-order valence-electron chi connectivity index (χ4n) is 1.98. The van der Waals surface area contributed by atoms with Crippen LogP contribution < -0.4 is 11.1 Å². The van der Waals surface area contributed by atoms with Gasteiger partial charge in [0.25, 0.3) is 0 Å². The van der Waals surface area contributed by atoms with Crippen LogP contribution in [0.1, 0.15) is 33.1 Å². The van der Waals surface area contributed by atoms with Gasteiger partial charge in [-0.25, -0.2) is 0 Å². The quantitative estimate of drug-likeness (QED) is 0.606. The largest absolute Gasteiger partial charge is 0.370 e. The van der Waals surface area contributed by atoms with Gasteiger partial charge in [-0.3, -0.25) is 19.3 Å². The van der Waals surface area contributed by atoms with Gasteiger partial charge in [0.1, 0.15) is 0 Å². The van der Waals surface area contributed by atoms with E-state index in [1.165, 1.54) is 4.90 Å². The lowest BCUT2D eigenvalue weighted by Gasteiger charge is -2.17. The van der Waals surface area contributed by atoms with Gasteiger partial charge < -0.3 is 11.1 Å². The molecule has 0 saturated carbocycles. The molecule has 96 valence electrons. The minimum Gasteiger partial charge on any atom is -0.370 e. The first-order valence-corrected chi connectivity index (χ1v) is 5.84. The standard InChI is InChI=1S/C11H19N3O3/c1-3-4-14-10(16)6-8(11(14)17)13-7(2)5-9(12)15/h7-8,13H,3-6H2,1-2H3,(H2,12,15). The number of primary amides is 1. The number of nitrogens with two attached hydrogens (primary N) is 1. The molecule has 2 atom stereocenters. The van der Waals surface area contributed by atoms with Gasteiger partial charge >= 0.3 is 0 Å². The van der Waals surface area contributed by atoms with Crippen LogP contribution in [-0.4, -0.2) is 41.2 Å². The second-order valence-electron chi connectivity index (χ2n) is 4.38. The van der Waals surface area contributed by atoms with E-state index in [0.29, 0.717) is 6.54 Å². The second-order valence-corrected chi connectivity index (χ2v) is 4.38. The number of carbonyl (C=O) groups excluding carboxylic acids is 3. The summed E-state index contributed by atoms with van der Waals surface area (Å²) >= 11 is 0. The monoisotopic (exact) mass is 241 g/mol. The molecule has 17 heavy (non-hydrogen) atoms. The van der Waals surface area contributed by atoms with E-state index in [2.05, 4.69) is 5.32 Å². The van der Waals surface area contributed by atoms with E-state index >= 15 is 0 Å². The normalized spacial score (nSPS) is 22.0. The number of rotatable bonds is 6. The molecule has 0 spiro atoms. The van der Waals surface area contributed by atoms with Crippen LogP contribution in [0.2, 0.25) is 0 Å². The Bertz CT molecular complexity index is 330. The molecule has 3 N–H and O–H groups in total. The lowest BCUT2D eigenvalue weighted by molar-refractivity contribution is -0.139. The maximum atomic E-state index is 11.9. The number of amides is 3. The van der Waals surface area contributed by atoms with Crippen molar-refractivity contribution in [3.05, 3.63) is 0 Å². The lowest BCUT2D eigenvalue weighted by Crippen LogP contribution is -2.44. The molecule has 1 heterocycles. The molecule has 1 fully saturated rings. The van der Waals surface area contributed by atoms with Crippen molar-refractivity contribution >= 4 is 17.7 Å². The van der Waals surface area contributed by atoms with Crippen molar-refractivity contribution < 1.29 is 14.4 Å². The number of hydrogen-bond acceptors (Lipinski definition) is 4. The number of nitrogens with one attached hydrogen (secondary N) is 1. The predicted molar refractivity (Wildman–Crippen MR) is 61.8 cm³/mol. The van der Waals surface area contributed by atoms with Crippen molar-refractivity contribution in [1.29, 1.82) is 0 Å². The number of likely N-dealkylation sites (tertiary alicyclic amines) is 1. The second kappa shape index (κ2) is 5.77. The van der Waals surface area contributed by atoms with Gasteiger partial charge in [-0.2, -0.15) is 0 Å². The SMILES string of the molecule is CCCN1C(=O)CC(NC(C)CC(N)=O)C1=O. The zero-order valence-corrected chi connectivity index (χ0v) is 10.2. The van der Waals surface area contributed by atoms with Crippen LogP contribution in [0.25, 0.3) is 0 Å². The summed E-state index contributed by atoms with van der Waals surface area (Å²) in [6.45, 7) is 4.14. The van der Waals surface area contributed by atoms with E-state index in [-0.39, 0.29) is 30.7 Å². The van der Waals surface area contributed by atoms with Crippen LogP contribution >= 0.6 is 0 Å². The average Bonchev–Trinajstić information content (AvgIpc) is 2.45. The smallest absolute Gasteiger partial charge is 0.246 e. The number of nitrogens with zero attached hydrogens (tertiary/aromatic N) is 1. The van der Waals surface area contributed by atoms with Crippen LogP contribution in [0.15, 0.2) is 0 Å². The van der Waals surface area contributed by atoms with Crippen LogP contribution in [-0.2, 0) is 14.4 Å². The van der Waals surface area contributed by atoms with E-state index < -0.39 is 11.9 Å². The molecule has 0 aromatic rings. The van der Waals surface area contributed by atoms with Crippen molar-refractivity contribution in [2.45, 2.75) is 45.2 Å². The first kappa shape index (κ1) is 13.6. The van der Waals surface area contributed by atoms with Crippen LogP contribution in [0.5, 0.6) is 0 Å². The Morgan fingerprint density at radius 2 is 2.24 bits per heavy atom. The molecule has 1 aliphatic rings. The molecule has 1 aliphatic heterocycles. The summed E-state index contributed by atoms with van der Waals surface area (Å²) in [5, 5.41) is 2.97. The minimum absolute atomic E-state index is 0.152. The summed E-state index contributed by atoms with van der Waals surface area (Å²) in [7, 11) is 0. The van der Waals surface area contributed by atoms with Gasteiger partial charge in [-0.05, 0) is 13.3 Å². The summed E-state index contributed by atoms with van der Waals surface area (Å²) in [5.41, 5.74) is 5.06. The number of hydrogen-bond donors (Lipinski definition) is 2. The lowest BCUT2D eigenvalue weighted by atomic mass is 10.1. The third-order valence-corrected chi connectivity index (χ3v) is 2.68. The molecule has 1 rings (SSSR count). The predicted octanol–water partition coefficient (Wildman–Crippen LogP) is -0.623. The van der Waals surface area contributed by atoms with E-state index in [1.54, 1.807) is 6.92 Å². The Morgan fingerprint density at radius 3 is 2.76 bits per heavy atom. The Hall–Kier alpha value is -1.43. The highest BCUT2D eigenvalue weighted by atomic mass is 16.2. The van der Waals surface area contributed by atoms with E-state index in [9.17, 15) is 14.4 Å². The average molecular weight is 241 g/mol. The molecule has 0 aliphatic carbocycles. The summed E-state index contributed by atoms with van der Waals surface area (Å²) in [5.74, 6) is -0.777. The van der Waals surface area contributed by atoms with Crippen molar-refractivity contribution in [2.75, 3.05) is 6.54 Å². The summed E-state index contributed by atoms with van der Waals surface area (Å²) in [4.78, 5) is 35.4. The summed E-state index contributed by atoms with van der Waals surface area (Å²) in [6, 6.07) is -0.709. The number of imide groups is 1. The molecular weight excluding hydrogens is 222 g/mol. The summed E-state index contributed by atoms with van der Waals surface area (Å²) < 4.78 is 0. The Balaban J connectivity index is 2.54. The molecule has 6 heteroatoms. The molecule has 0 aromatic carbocycles. The first-order chi connectivity index (χ1) is 7.95. The van der Waals surface area contributed by atoms with E-state index in [4.69, 9.17) is 5.73 Å². The van der Waals surface area contributed by atoms with Gasteiger partial charge in [-0.15, -0.1) is 0 Å². The fourth-order valence-corrected chi connectivity index (χ4v) is 1.98. The van der Waals surface area contributed by atoms with Crippen molar-refractivity contribution in [2.24, 2.45) is 5.73 Å². The molecule has 2 unspecified atom stereocenters. The molecule has 3 amide bonds. The van der Waals surface area contributed by atoms with E-state index in [0.717, 1.165) is 6.42 Å². The van der Waals surface area contributed by atoms with Crippen LogP contribution in [0.3, 0.4) is 0 Å². The van der Waals surface area contributed by atoms with Crippen molar-refractivity contribution in [3.8, 4) is 0 Å². The highest BCUT2D eigenvalue weighted by molar-refractivity contribution is 6.05. The van der Waals surface area contributed by atoms with Gasteiger partial charge in [0.05, 0.1) is 12.5 Å². The molecule has 6 nitrogen and oxygen atoms in total. The Morgan fingerprint density at radius 1 is 1.59 bits per heavy atom. The molecule has 0 radical (unpaired) electrons. The maximum Gasteiger partial charge on any atom is 0.246 e. The highest BCUT2D eigenvalue weighted by Gasteiger charge is 2.38. The van der Waals surface area contributed by atoms with Crippen LogP contribution in [0.4, 0.5) is 0 Å². The third-order valence-electron chi connectivity index (χ3n) is 2.68. The Kier molecular flexibility index (Phi) is 4.62. The number of carbonyl (C=O) groups is 3. The van der Waals surface area contributed by atoms with E-state index in [1.807, 2.05) is 6.92 Å². The zero-order chi connectivity index (χ0) is 13.0. The maximum absolute atomic E-state index is 11.9. The van der Waals surface area contributed by atoms with Gasteiger partial charge in [0.15, 0.2) is 0 Å².